The molecule has 0 bridgehead atoms. The zero-order chi connectivity index (χ0) is 13.9. The minimum absolute atomic E-state index is 0.0326. The van der Waals surface area contributed by atoms with Gasteiger partial charge in [0.25, 0.3) is 0 Å². The van der Waals surface area contributed by atoms with E-state index in [0.717, 1.165) is 24.8 Å². The Morgan fingerprint density at radius 1 is 1.10 bits per heavy atom. The average Bonchev–Trinajstić information content (AvgIpc) is 2.49. The van der Waals surface area contributed by atoms with Gasteiger partial charge in [0.2, 0.25) is 5.91 Å². The fourth-order valence-electron chi connectivity index (χ4n) is 2.81. The van der Waals surface area contributed by atoms with Gasteiger partial charge in [-0.1, -0.05) is 48.0 Å². The van der Waals surface area contributed by atoms with Crippen molar-refractivity contribution in [2.24, 2.45) is 0 Å². The van der Waals surface area contributed by atoms with Crippen molar-refractivity contribution in [2.75, 3.05) is 5.32 Å². The van der Waals surface area contributed by atoms with Crippen molar-refractivity contribution in [3.63, 3.8) is 0 Å². The molecule has 0 fully saturated rings. The number of carbonyl (C=O) groups excluding carboxylic acids is 1. The van der Waals surface area contributed by atoms with E-state index in [9.17, 15) is 4.79 Å². The third-order valence-electron chi connectivity index (χ3n) is 3.82. The van der Waals surface area contributed by atoms with Gasteiger partial charge < -0.3 is 5.32 Å². The zero-order valence-corrected chi connectivity index (χ0v) is 11.9. The highest BCUT2D eigenvalue weighted by atomic mass is 35.5. The molecule has 0 heterocycles. The molecule has 1 atom stereocenters. The van der Waals surface area contributed by atoms with Gasteiger partial charge in [-0.2, -0.15) is 0 Å². The SMILES string of the molecule is O=C(Nc1ccccc1Cl)C1CCCc2ccccc21. The molecule has 1 unspecified atom stereocenters. The van der Waals surface area contributed by atoms with Gasteiger partial charge in [0, 0.05) is 0 Å². The molecular formula is C17H16ClNO. The summed E-state index contributed by atoms with van der Waals surface area (Å²) in [6.07, 6.45) is 3.01. The Labute approximate surface area is 123 Å². The molecule has 1 aliphatic rings. The van der Waals surface area contributed by atoms with E-state index in [2.05, 4.69) is 17.4 Å². The molecule has 3 rings (SSSR count). The van der Waals surface area contributed by atoms with E-state index < -0.39 is 0 Å². The van der Waals surface area contributed by atoms with E-state index in [1.165, 1.54) is 5.56 Å². The van der Waals surface area contributed by atoms with Crippen molar-refractivity contribution in [3.05, 3.63) is 64.7 Å². The molecule has 1 N–H and O–H groups in total. The lowest BCUT2D eigenvalue weighted by atomic mass is 9.82. The summed E-state index contributed by atoms with van der Waals surface area (Å²) < 4.78 is 0. The van der Waals surface area contributed by atoms with Crippen LogP contribution in [0.1, 0.15) is 29.9 Å². The molecule has 2 aromatic carbocycles. The van der Waals surface area contributed by atoms with Crippen molar-refractivity contribution in [1.82, 2.24) is 0 Å². The summed E-state index contributed by atoms with van der Waals surface area (Å²) in [4.78, 5) is 12.5. The number of halogens is 1. The van der Waals surface area contributed by atoms with E-state index in [-0.39, 0.29) is 11.8 Å². The molecule has 3 heteroatoms. The smallest absolute Gasteiger partial charge is 0.231 e. The topological polar surface area (TPSA) is 29.1 Å². The molecule has 1 amide bonds. The first-order valence-electron chi connectivity index (χ1n) is 6.89. The van der Waals surface area contributed by atoms with Gasteiger partial charge in [-0.15, -0.1) is 0 Å². The van der Waals surface area contributed by atoms with Crippen molar-refractivity contribution in [2.45, 2.75) is 25.2 Å². The van der Waals surface area contributed by atoms with Crippen LogP contribution >= 0.6 is 11.6 Å². The third kappa shape index (κ3) is 2.56. The first-order chi connectivity index (χ1) is 9.75. The number of amides is 1. The molecule has 0 aromatic heterocycles. The van der Waals surface area contributed by atoms with Crippen molar-refractivity contribution >= 4 is 23.2 Å². The molecule has 0 saturated carbocycles. The maximum atomic E-state index is 12.5. The molecule has 1 aliphatic carbocycles. The highest BCUT2D eigenvalue weighted by Gasteiger charge is 2.26. The van der Waals surface area contributed by atoms with E-state index in [1.807, 2.05) is 30.3 Å². The van der Waals surface area contributed by atoms with Crippen molar-refractivity contribution < 1.29 is 4.79 Å². The number of fused-ring (bicyclic) bond motifs is 1. The van der Waals surface area contributed by atoms with Crippen molar-refractivity contribution in [1.29, 1.82) is 0 Å². The zero-order valence-electron chi connectivity index (χ0n) is 11.1. The summed E-state index contributed by atoms with van der Waals surface area (Å²) in [6, 6.07) is 15.5. The number of aryl methyl sites for hydroxylation is 1. The highest BCUT2D eigenvalue weighted by molar-refractivity contribution is 6.33. The quantitative estimate of drug-likeness (QED) is 0.871. The van der Waals surface area contributed by atoms with E-state index >= 15 is 0 Å². The second-order valence-electron chi connectivity index (χ2n) is 5.11. The normalized spacial score (nSPS) is 17.4. The Kier molecular flexibility index (Phi) is 3.75. The first-order valence-corrected chi connectivity index (χ1v) is 7.26. The van der Waals surface area contributed by atoms with E-state index in [0.29, 0.717) is 10.7 Å². The number of rotatable bonds is 2. The fraction of sp³-hybridized carbons (Fsp3) is 0.235. The van der Waals surface area contributed by atoms with Gasteiger partial charge >= 0.3 is 0 Å². The largest absolute Gasteiger partial charge is 0.324 e. The van der Waals surface area contributed by atoms with Crippen LogP contribution in [0, 0.1) is 0 Å². The van der Waals surface area contributed by atoms with Gasteiger partial charge in [-0.3, -0.25) is 4.79 Å². The van der Waals surface area contributed by atoms with Gasteiger partial charge in [-0.25, -0.2) is 0 Å². The molecule has 0 aliphatic heterocycles. The van der Waals surface area contributed by atoms with Gasteiger partial charge in [0.15, 0.2) is 0 Å². The second-order valence-corrected chi connectivity index (χ2v) is 5.52. The predicted molar refractivity (Wildman–Crippen MR) is 82.2 cm³/mol. The number of hydrogen-bond donors (Lipinski definition) is 1. The van der Waals surface area contributed by atoms with Gasteiger partial charge in [0.1, 0.15) is 0 Å². The number of para-hydroxylation sites is 1. The van der Waals surface area contributed by atoms with Crippen LogP contribution in [0.15, 0.2) is 48.5 Å². The fourth-order valence-corrected chi connectivity index (χ4v) is 2.99. The summed E-state index contributed by atoms with van der Waals surface area (Å²) in [5.41, 5.74) is 3.13. The van der Waals surface area contributed by atoms with Crippen molar-refractivity contribution in [3.8, 4) is 0 Å². The predicted octanol–water partition coefficient (Wildman–Crippen LogP) is 4.40. The lowest BCUT2D eigenvalue weighted by molar-refractivity contribution is -0.117. The average molecular weight is 286 g/mol. The molecule has 0 saturated heterocycles. The number of hydrogen-bond acceptors (Lipinski definition) is 1. The minimum atomic E-state index is -0.0729. The lowest BCUT2D eigenvalue weighted by Gasteiger charge is -2.24. The maximum absolute atomic E-state index is 12.5. The van der Waals surface area contributed by atoms with Crippen LogP contribution in [-0.2, 0) is 11.2 Å². The molecule has 2 aromatic rings. The highest BCUT2D eigenvalue weighted by Crippen LogP contribution is 2.33. The van der Waals surface area contributed by atoms with Gasteiger partial charge in [0.05, 0.1) is 16.6 Å². The number of carbonyl (C=O) groups is 1. The Bertz CT molecular complexity index is 638. The van der Waals surface area contributed by atoms with E-state index in [4.69, 9.17) is 11.6 Å². The number of benzene rings is 2. The Balaban J connectivity index is 1.84. The first kappa shape index (κ1) is 13.2. The van der Waals surface area contributed by atoms with Crippen LogP contribution in [-0.4, -0.2) is 5.91 Å². The summed E-state index contributed by atoms with van der Waals surface area (Å²) in [7, 11) is 0. The molecule has 20 heavy (non-hydrogen) atoms. The summed E-state index contributed by atoms with van der Waals surface area (Å²) in [6.45, 7) is 0. The Morgan fingerprint density at radius 3 is 2.70 bits per heavy atom. The van der Waals surface area contributed by atoms with E-state index in [1.54, 1.807) is 6.07 Å². The Morgan fingerprint density at radius 2 is 1.85 bits per heavy atom. The van der Waals surface area contributed by atoms with Crippen LogP contribution in [0.2, 0.25) is 5.02 Å². The molecule has 0 spiro atoms. The minimum Gasteiger partial charge on any atom is -0.324 e. The van der Waals surface area contributed by atoms with Crippen LogP contribution in [0.3, 0.4) is 0 Å². The Hall–Kier alpha value is -1.80. The summed E-state index contributed by atoms with van der Waals surface area (Å²) in [5.74, 6) is -0.0403. The summed E-state index contributed by atoms with van der Waals surface area (Å²) >= 11 is 6.09. The van der Waals surface area contributed by atoms with Crippen LogP contribution < -0.4 is 5.32 Å². The third-order valence-corrected chi connectivity index (χ3v) is 4.15. The molecular weight excluding hydrogens is 270 g/mol. The lowest BCUT2D eigenvalue weighted by Crippen LogP contribution is -2.24. The number of nitrogens with one attached hydrogen (secondary N) is 1. The monoisotopic (exact) mass is 285 g/mol. The van der Waals surface area contributed by atoms with Crippen LogP contribution in [0.4, 0.5) is 5.69 Å². The molecule has 0 radical (unpaired) electrons. The molecule has 102 valence electrons. The van der Waals surface area contributed by atoms with Crippen LogP contribution in [0.25, 0.3) is 0 Å². The number of anilines is 1. The van der Waals surface area contributed by atoms with Crippen LogP contribution in [0.5, 0.6) is 0 Å². The molecule has 2 nitrogen and oxygen atoms in total. The second kappa shape index (κ2) is 5.68. The standard InChI is InChI=1S/C17H16ClNO/c18-15-10-3-4-11-16(15)19-17(20)14-9-5-7-12-6-1-2-8-13(12)14/h1-4,6,8,10-11,14H,5,7,9H2,(H,19,20). The maximum Gasteiger partial charge on any atom is 0.231 e. The van der Waals surface area contributed by atoms with Gasteiger partial charge in [-0.05, 0) is 42.5 Å². The summed E-state index contributed by atoms with van der Waals surface area (Å²) in [5, 5.41) is 3.52.